The van der Waals surface area contributed by atoms with Crippen LogP contribution in [0.1, 0.15) is 11.1 Å². The molecule has 1 rings (SSSR count). The summed E-state index contributed by atoms with van der Waals surface area (Å²) in [4.78, 5) is 0. The molecule has 0 aromatic heterocycles. The predicted molar refractivity (Wildman–Crippen MR) is 75.6 cm³/mol. The number of nitrogens with two attached hydrogens (primary N) is 1. The van der Waals surface area contributed by atoms with Gasteiger partial charge in [-0.3, -0.25) is 0 Å². The van der Waals surface area contributed by atoms with Crippen LogP contribution in [0.25, 0.3) is 0 Å². The molecule has 5 nitrogen and oxygen atoms in total. The van der Waals surface area contributed by atoms with E-state index in [0.717, 1.165) is 24.4 Å². The van der Waals surface area contributed by atoms with E-state index < -0.39 is 0 Å². The molecule has 0 spiro atoms. The maximum atomic E-state index is 8.67. The van der Waals surface area contributed by atoms with E-state index in [-0.39, 0.29) is 5.84 Å². The van der Waals surface area contributed by atoms with Crippen LogP contribution in [-0.4, -0.2) is 36.7 Å². The number of hydrogen-bond acceptors (Lipinski definition) is 5. The predicted octanol–water partition coefficient (Wildman–Crippen LogP) is 1.24. The molecule has 0 radical (unpaired) electrons. The minimum absolute atomic E-state index is 0.0498. The molecular formula is C12H19N3O2S. The average molecular weight is 269 g/mol. The van der Waals surface area contributed by atoms with Gasteiger partial charge in [0.2, 0.25) is 0 Å². The summed E-state index contributed by atoms with van der Waals surface area (Å²) in [6, 6.07) is 5.61. The molecule has 0 fully saturated rings. The topological polar surface area (TPSA) is 79.9 Å². The molecular weight excluding hydrogens is 250 g/mol. The molecule has 4 N–H and O–H groups in total. The minimum Gasteiger partial charge on any atom is -0.496 e. The second kappa shape index (κ2) is 7.84. The molecule has 0 heterocycles. The lowest BCUT2D eigenvalue weighted by Crippen LogP contribution is -2.17. The molecule has 0 unspecified atom stereocenters. The molecule has 0 aliphatic carbocycles. The van der Waals surface area contributed by atoms with Crippen LogP contribution in [0.3, 0.4) is 0 Å². The first-order valence-electron chi connectivity index (χ1n) is 5.57. The van der Waals surface area contributed by atoms with Crippen molar-refractivity contribution in [2.45, 2.75) is 6.54 Å². The number of rotatable bonds is 7. The van der Waals surface area contributed by atoms with Crippen molar-refractivity contribution < 1.29 is 9.94 Å². The molecule has 0 amide bonds. The van der Waals surface area contributed by atoms with E-state index in [1.165, 1.54) is 0 Å². The molecule has 0 saturated heterocycles. The van der Waals surface area contributed by atoms with E-state index in [2.05, 4.69) is 16.7 Å². The van der Waals surface area contributed by atoms with E-state index >= 15 is 0 Å². The second-order valence-corrected chi connectivity index (χ2v) is 4.68. The van der Waals surface area contributed by atoms with E-state index in [1.807, 2.05) is 12.1 Å². The highest BCUT2D eigenvalue weighted by atomic mass is 32.2. The highest BCUT2D eigenvalue weighted by Crippen LogP contribution is 2.19. The maximum Gasteiger partial charge on any atom is 0.173 e. The molecule has 0 aliphatic rings. The van der Waals surface area contributed by atoms with Gasteiger partial charge in [0.05, 0.1) is 12.7 Å². The van der Waals surface area contributed by atoms with E-state index in [9.17, 15) is 0 Å². The first-order valence-corrected chi connectivity index (χ1v) is 6.96. The van der Waals surface area contributed by atoms with Crippen molar-refractivity contribution >= 4 is 17.6 Å². The number of amidine groups is 1. The van der Waals surface area contributed by atoms with Gasteiger partial charge in [-0.2, -0.15) is 11.8 Å². The first kappa shape index (κ1) is 14.7. The number of thioether (sulfide) groups is 1. The van der Waals surface area contributed by atoms with Crippen LogP contribution in [0.2, 0.25) is 0 Å². The zero-order valence-corrected chi connectivity index (χ0v) is 11.5. The van der Waals surface area contributed by atoms with E-state index in [1.54, 1.807) is 24.9 Å². The average Bonchev–Trinajstić information content (AvgIpc) is 2.42. The van der Waals surface area contributed by atoms with E-state index in [0.29, 0.717) is 11.3 Å². The third-order valence-corrected chi connectivity index (χ3v) is 3.07. The molecule has 1 aromatic carbocycles. The third kappa shape index (κ3) is 4.12. The number of ether oxygens (including phenoxy) is 1. The zero-order chi connectivity index (χ0) is 13.4. The molecule has 0 atom stereocenters. The Hall–Kier alpha value is -1.40. The Morgan fingerprint density at radius 2 is 2.33 bits per heavy atom. The van der Waals surface area contributed by atoms with Crippen LogP contribution >= 0.6 is 11.8 Å². The number of oxime groups is 1. The van der Waals surface area contributed by atoms with Gasteiger partial charge in [-0.1, -0.05) is 11.2 Å². The van der Waals surface area contributed by atoms with Gasteiger partial charge in [-0.25, -0.2) is 0 Å². The minimum atomic E-state index is 0.0498. The lowest BCUT2D eigenvalue weighted by Gasteiger charge is -2.10. The fourth-order valence-electron chi connectivity index (χ4n) is 1.52. The van der Waals surface area contributed by atoms with Crippen molar-refractivity contribution in [2.24, 2.45) is 10.9 Å². The molecule has 1 aromatic rings. The molecule has 6 heteroatoms. The Balaban J connectivity index is 2.73. The Morgan fingerprint density at radius 3 is 2.94 bits per heavy atom. The maximum absolute atomic E-state index is 8.67. The summed E-state index contributed by atoms with van der Waals surface area (Å²) < 4.78 is 5.23. The standard InChI is InChI=1S/C12H19N3O2S/c1-17-11-7-9(8-14-5-6-18-2)3-4-10(11)12(13)15-16/h3-4,7,14,16H,5-6,8H2,1-2H3,(H2,13,15). The summed E-state index contributed by atoms with van der Waals surface area (Å²) in [6.45, 7) is 1.73. The van der Waals surface area contributed by atoms with Crippen LogP contribution < -0.4 is 15.8 Å². The largest absolute Gasteiger partial charge is 0.496 e. The summed E-state index contributed by atoms with van der Waals surface area (Å²) >= 11 is 1.81. The van der Waals surface area contributed by atoms with Crippen LogP contribution in [-0.2, 0) is 6.54 Å². The Morgan fingerprint density at radius 1 is 1.56 bits per heavy atom. The van der Waals surface area contributed by atoms with Crippen molar-refractivity contribution in [3.8, 4) is 5.75 Å². The number of methoxy groups -OCH3 is 1. The lowest BCUT2D eigenvalue weighted by molar-refractivity contribution is 0.318. The number of nitrogens with one attached hydrogen (secondary N) is 1. The van der Waals surface area contributed by atoms with Gasteiger partial charge < -0.3 is 21.0 Å². The second-order valence-electron chi connectivity index (χ2n) is 3.69. The van der Waals surface area contributed by atoms with Crippen molar-refractivity contribution in [3.05, 3.63) is 29.3 Å². The van der Waals surface area contributed by atoms with Crippen molar-refractivity contribution in [3.63, 3.8) is 0 Å². The van der Waals surface area contributed by atoms with Crippen LogP contribution in [0.4, 0.5) is 0 Å². The molecule has 18 heavy (non-hydrogen) atoms. The van der Waals surface area contributed by atoms with Gasteiger partial charge in [0, 0.05) is 18.8 Å². The fourth-order valence-corrected chi connectivity index (χ4v) is 1.87. The van der Waals surface area contributed by atoms with Gasteiger partial charge in [-0.05, 0) is 24.0 Å². The summed E-state index contributed by atoms with van der Waals surface area (Å²) in [5.74, 6) is 1.74. The zero-order valence-electron chi connectivity index (χ0n) is 10.6. The Labute approximate surface area is 111 Å². The lowest BCUT2D eigenvalue weighted by atomic mass is 10.1. The number of nitrogens with zero attached hydrogens (tertiary/aromatic N) is 1. The normalized spacial score (nSPS) is 11.6. The summed E-state index contributed by atoms with van der Waals surface area (Å²) in [7, 11) is 1.56. The Bertz CT molecular complexity index is 410. The molecule has 0 saturated carbocycles. The van der Waals surface area contributed by atoms with Crippen LogP contribution in [0.15, 0.2) is 23.4 Å². The highest BCUT2D eigenvalue weighted by molar-refractivity contribution is 7.98. The summed E-state index contributed by atoms with van der Waals surface area (Å²) in [5.41, 5.74) is 7.25. The monoisotopic (exact) mass is 269 g/mol. The summed E-state index contributed by atoms with van der Waals surface area (Å²) in [6.07, 6.45) is 2.08. The molecule has 0 aliphatic heterocycles. The third-order valence-electron chi connectivity index (χ3n) is 2.46. The van der Waals surface area contributed by atoms with Crippen LogP contribution in [0.5, 0.6) is 5.75 Å². The van der Waals surface area contributed by atoms with Gasteiger partial charge in [0.15, 0.2) is 5.84 Å². The molecule has 0 bridgehead atoms. The van der Waals surface area contributed by atoms with Crippen molar-refractivity contribution in [1.29, 1.82) is 0 Å². The van der Waals surface area contributed by atoms with Crippen LogP contribution in [0, 0.1) is 0 Å². The fraction of sp³-hybridized carbons (Fsp3) is 0.417. The molecule has 100 valence electrons. The SMILES string of the molecule is COc1cc(CNCCSC)ccc1/C(N)=N/O. The van der Waals surface area contributed by atoms with E-state index in [4.69, 9.17) is 15.7 Å². The van der Waals surface area contributed by atoms with Crippen molar-refractivity contribution in [2.75, 3.05) is 25.7 Å². The van der Waals surface area contributed by atoms with Crippen molar-refractivity contribution in [1.82, 2.24) is 5.32 Å². The van der Waals surface area contributed by atoms with Gasteiger partial charge in [-0.15, -0.1) is 0 Å². The Kier molecular flexibility index (Phi) is 6.38. The van der Waals surface area contributed by atoms with Gasteiger partial charge in [0.1, 0.15) is 5.75 Å². The number of hydrogen-bond donors (Lipinski definition) is 3. The smallest absolute Gasteiger partial charge is 0.173 e. The van der Waals surface area contributed by atoms with Gasteiger partial charge in [0.25, 0.3) is 0 Å². The summed E-state index contributed by atoms with van der Waals surface area (Å²) in [5, 5.41) is 15.0. The van der Waals surface area contributed by atoms with Gasteiger partial charge >= 0.3 is 0 Å². The quantitative estimate of drug-likeness (QED) is 0.228. The number of benzene rings is 1. The first-order chi connectivity index (χ1) is 8.72. The highest BCUT2D eigenvalue weighted by Gasteiger charge is 2.08.